The molecule has 0 aromatic rings. The van der Waals surface area contributed by atoms with E-state index in [0.29, 0.717) is 6.54 Å². The number of hydrogen-bond donors (Lipinski definition) is 2. The van der Waals surface area contributed by atoms with Crippen LogP contribution in [0.2, 0.25) is 0 Å². The summed E-state index contributed by atoms with van der Waals surface area (Å²) in [6, 6.07) is -0.0223. The maximum Gasteiger partial charge on any atom is 0.317 e. The molecule has 0 spiro atoms. The van der Waals surface area contributed by atoms with E-state index in [1.54, 1.807) is 4.90 Å². The van der Waals surface area contributed by atoms with Crippen molar-refractivity contribution >= 4 is 12.0 Å². The number of piperidine rings is 1. The Balaban J connectivity index is 1.64. The molecule has 108 valence electrons. The number of urea groups is 1. The highest BCUT2D eigenvalue weighted by molar-refractivity contribution is 5.74. The number of carboxylic acids is 1. The van der Waals surface area contributed by atoms with Crippen LogP contribution in [0.1, 0.15) is 44.9 Å². The summed E-state index contributed by atoms with van der Waals surface area (Å²) >= 11 is 0. The average Bonchev–Trinajstić information content (AvgIpc) is 3.18. The molecular weight excluding hydrogens is 244 g/mol. The van der Waals surface area contributed by atoms with E-state index in [1.165, 1.54) is 19.3 Å². The molecule has 2 aliphatic rings. The van der Waals surface area contributed by atoms with E-state index in [1.807, 2.05) is 0 Å². The zero-order chi connectivity index (χ0) is 13.7. The molecule has 0 aromatic heterocycles. The van der Waals surface area contributed by atoms with Crippen LogP contribution in [0.25, 0.3) is 0 Å². The highest BCUT2D eigenvalue weighted by Gasteiger charge is 2.25. The molecule has 1 saturated carbocycles. The molecule has 1 atom stereocenters. The average molecular weight is 268 g/mol. The number of carboxylic acid groups (broad SMARTS) is 1. The van der Waals surface area contributed by atoms with Crippen molar-refractivity contribution in [1.82, 2.24) is 10.2 Å². The van der Waals surface area contributed by atoms with E-state index in [0.717, 1.165) is 38.3 Å². The van der Waals surface area contributed by atoms with E-state index in [2.05, 4.69) is 5.32 Å². The van der Waals surface area contributed by atoms with Crippen LogP contribution in [-0.4, -0.2) is 41.6 Å². The standard InChI is InChI=1S/C14H24N2O3/c17-13(18)9-12-4-2-8-16(10-12)14(19)15-7-1-3-11-5-6-11/h11-12H,1-10H2,(H,15,19)(H,17,18). The van der Waals surface area contributed by atoms with Gasteiger partial charge in [-0.1, -0.05) is 12.8 Å². The van der Waals surface area contributed by atoms with Gasteiger partial charge in [-0.25, -0.2) is 4.79 Å². The summed E-state index contributed by atoms with van der Waals surface area (Å²) in [5.41, 5.74) is 0. The lowest BCUT2D eigenvalue weighted by Crippen LogP contribution is -2.46. The Morgan fingerprint density at radius 3 is 2.68 bits per heavy atom. The predicted molar refractivity (Wildman–Crippen MR) is 71.9 cm³/mol. The molecule has 19 heavy (non-hydrogen) atoms. The van der Waals surface area contributed by atoms with Crippen molar-refractivity contribution < 1.29 is 14.7 Å². The summed E-state index contributed by atoms with van der Waals surface area (Å²) < 4.78 is 0. The van der Waals surface area contributed by atoms with Crippen molar-refractivity contribution in [2.75, 3.05) is 19.6 Å². The van der Waals surface area contributed by atoms with Gasteiger partial charge in [0.1, 0.15) is 0 Å². The van der Waals surface area contributed by atoms with Crippen molar-refractivity contribution in [3.05, 3.63) is 0 Å². The third-order valence-corrected chi connectivity index (χ3v) is 4.03. The molecule has 0 bridgehead atoms. The number of likely N-dealkylation sites (tertiary alicyclic amines) is 1. The zero-order valence-corrected chi connectivity index (χ0v) is 11.4. The van der Waals surface area contributed by atoms with Crippen LogP contribution in [0, 0.1) is 11.8 Å². The van der Waals surface area contributed by atoms with E-state index in [9.17, 15) is 9.59 Å². The lowest BCUT2D eigenvalue weighted by atomic mass is 9.95. The molecule has 1 unspecified atom stereocenters. The van der Waals surface area contributed by atoms with Gasteiger partial charge in [-0.05, 0) is 37.5 Å². The summed E-state index contributed by atoms with van der Waals surface area (Å²) in [6.45, 7) is 2.08. The van der Waals surface area contributed by atoms with Gasteiger partial charge in [-0.2, -0.15) is 0 Å². The lowest BCUT2D eigenvalue weighted by molar-refractivity contribution is -0.138. The molecule has 0 aromatic carbocycles. The number of rotatable bonds is 6. The first-order valence-electron chi connectivity index (χ1n) is 7.39. The van der Waals surface area contributed by atoms with Crippen LogP contribution in [0.5, 0.6) is 0 Å². The Hall–Kier alpha value is -1.26. The summed E-state index contributed by atoms with van der Waals surface area (Å²) in [5.74, 6) is 0.256. The fraction of sp³-hybridized carbons (Fsp3) is 0.857. The number of nitrogens with zero attached hydrogens (tertiary/aromatic N) is 1. The van der Waals surface area contributed by atoms with Crippen LogP contribution < -0.4 is 5.32 Å². The number of carbonyl (C=O) groups is 2. The van der Waals surface area contributed by atoms with Crippen molar-refractivity contribution in [2.45, 2.75) is 44.9 Å². The highest BCUT2D eigenvalue weighted by atomic mass is 16.4. The second-order valence-electron chi connectivity index (χ2n) is 5.87. The Labute approximate surface area is 114 Å². The van der Waals surface area contributed by atoms with Gasteiger partial charge in [-0.15, -0.1) is 0 Å². The quantitative estimate of drug-likeness (QED) is 0.725. The van der Waals surface area contributed by atoms with Crippen molar-refractivity contribution in [2.24, 2.45) is 11.8 Å². The van der Waals surface area contributed by atoms with E-state index >= 15 is 0 Å². The molecule has 2 amide bonds. The monoisotopic (exact) mass is 268 g/mol. The highest BCUT2D eigenvalue weighted by Crippen LogP contribution is 2.33. The molecule has 1 saturated heterocycles. The minimum Gasteiger partial charge on any atom is -0.481 e. The largest absolute Gasteiger partial charge is 0.481 e. The Morgan fingerprint density at radius 2 is 2.00 bits per heavy atom. The molecule has 2 rings (SSSR count). The fourth-order valence-corrected chi connectivity index (χ4v) is 2.77. The van der Waals surface area contributed by atoms with Crippen LogP contribution >= 0.6 is 0 Å². The number of hydrogen-bond acceptors (Lipinski definition) is 2. The minimum atomic E-state index is -0.767. The molecular formula is C14H24N2O3. The Bertz CT molecular complexity index is 329. The van der Waals surface area contributed by atoms with Crippen LogP contribution in [0.15, 0.2) is 0 Å². The van der Waals surface area contributed by atoms with Gasteiger partial charge in [0.05, 0.1) is 0 Å². The third kappa shape index (κ3) is 5.09. The zero-order valence-electron chi connectivity index (χ0n) is 11.4. The first kappa shape index (κ1) is 14.2. The topological polar surface area (TPSA) is 69.6 Å². The van der Waals surface area contributed by atoms with Crippen molar-refractivity contribution in [3.8, 4) is 0 Å². The first-order chi connectivity index (χ1) is 9.15. The fourth-order valence-electron chi connectivity index (χ4n) is 2.77. The van der Waals surface area contributed by atoms with Gasteiger partial charge in [-0.3, -0.25) is 4.79 Å². The molecule has 0 radical (unpaired) electrons. The molecule has 2 fully saturated rings. The van der Waals surface area contributed by atoms with Gasteiger partial charge < -0.3 is 15.3 Å². The summed E-state index contributed by atoms with van der Waals surface area (Å²) in [5, 5.41) is 11.8. The Kier molecular flexibility index (Phi) is 5.05. The third-order valence-electron chi connectivity index (χ3n) is 4.03. The van der Waals surface area contributed by atoms with Crippen LogP contribution in [0.3, 0.4) is 0 Å². The molecule has 2 N–H and O–H groups in total. The predicted octanol–water partition coefficient (Wildman–Crippen LogP) is 2.07. The smallest absolute Gasteiger partial charge is 0.317 e. The van der Waals surface area contributed by atoms with Gasteiger partial charge in [0, 0.05) is 26.1 Å². The normalized spacial score (nSPS) is 23.2. The molecule has 1 aliphatic heterocycles. The van der Waals surface area contributed by atoms with Crippen LogP contribution in [0.4, 0.5) is 4.79 Å². The maximum atomic E-state index is 12.0. The van der Waals surface area contributed by atoms with E-state index in [-0.39, 0.29) is 18.4 Å². The summed E-state index contributed by atoms with van der Waals surface area (Å²) in [7, 11) is 0. The minimum absolute atomic E-state index is 0.0223. The van der Waals surface area contributed by atoms with Gasteiger partial charge in [0.15, 0.2) is 0 Å². The Morgan fingerprint density at radius 1 is 1.21 bits per heavy atom. The number of nitrogens with one attached hydrogen (secondary N) is 1. The van der Waals surface area contributed by atoms with E-state index < -0.39 is 5.97 Å². The number of amides is 2. The van der Waals surface area contributed by atoms with Gasteiger partial charge >= 0.3 is 12.0 Å². The first-order valence-corrected chi connectivity index (χ1v) is 7.39. The molecule has 5 heteroatoms. The van der Waals surface area contributed by atoms with Crippen LogP contribution in [-0.2, 0) is 4.79 Å². The van der Waals surface area contributed by atoms with Crippen molar-refractivity contribution in [3.63, 3.8) is 0 Å². The molecule has 5 nitrogen and oxygen atoms in total. The van der Waals surface area contributed by atoms with Gasteiger partial charge in [0.25, 0.3) is 0 Å². The second kappa shape index (κ2) is 6.78. The molecule has 1 aliphatic carbocycles. The van der Waals surface area contributed by atoms with Gasteiger partial charge in [0.2, 0.25) is 0 Å². The van der Waals surface area contributed by atoms with Crippen molar-refractivity contribution in [1.29, 1.82) is 0 Å². The van der Waals surface area contributed by atoms with E-state index in [4.69, 9.17) is 5.11 Å². The summed E-state index contributed by atoms with van der Waals surface area (Å²) in [4.78, 5) is 24.4. The SMILES string of the molecule is O=C(O)CC1CCCN(C(=O)NCCCC2CC2)C1. The molecule has 1 heterocycles. The summed E-state index contributed by atoms with van der Waals surface area (Å²) in [6.07, 6.45) is 7.00. The number of carbonyl (C=O) groups excluding carboxylic acids is 1. The lowest BCUT2D eigenvalue weighted by Gasteiger charge is -2.32. The second-order valence-corrected chi connectivity index (χ2v) is 5.87. The maximum absolute atomic E-state index is 12.0. The number of aliphatic carboxylic acids is 1.